The van der Waals surface area contributed by atoms with Crippen molar-refractivity contribution < 1.29 is 14.3 Å². The number of amides is 1. The zero-order valence-electron chi connectivity index (χ0n) is 14.4. The molecule has 3 rings (SSSR count). The van der Waals surface area contributed by atoms with Crippen molar-refractivity contribution in [3.8, 4) is 11.6 Å². The van der Waals surface area contributed by atoms with Gasteiger partial charge in [-0.2, -0.15) is 0 Å². The van der Waals surface area contributed by atoms with Gasteiger partial charge in [0, 0.05) is 45.0 Å². The molecule has 0 saturated carbocycles. The number of carbonyl (C=O) groups excluding carboxylic acids is 1. The number of aromatic nitrogens is 1. The van der Waals surface area contributed by atoms with Gasteiger partial charge in [-0.3, -0.25) is 9.69 Å². The molecular formula is C19H23N3O3. The van der Waals surface area contributed by atoms with Gasteiger partial charge < -0.3 is 14.4 Å². The van der Waals surface area contributed by atoms with Gasteiger partial charge in [-0.15, -0.1) is 0 Å². The van der Waals surface area contributed by atoms with Gasteiger partial charge in [0.2, 0.25) is 5.88 Å². The van der Waals surface area contributed by atoms with Crippen molar-refractivity contribution in [2.45, 2.75) is 0 Å². The fourth-order valence-corrected chi connectivity index (χ4v) is 2.79. The van der Waals surface area contributed by atoms with Crippen LogP contribution in [0.1, 0.15) is 10.4 Å². The number of hydrogen-bond acceptors (Lipinski definition) is 5. The highest BCUT2D eigenvalue weighted by Crippen LogP contribution is 2.12. The molecule has 2 heterocycles. The van der Waals surface area contributed by atoms with E-state index < -0.39 is 0 Å². The number of carbonyl (C=O) groups is 1. The van der Waals surface area contributed by atoms with Crippen LogP contribution in [0.4, 0.5) is 0 Å². The average molecular weight is 341 g/mol. The van der Waals surface area contributed by atoms with E-state index in [2.05, 4.69) is 9.88 Å². The van der Waals surface area contributed by atoms with Crippen LogP contribution in [-0.2, 0) is 0 Å². The average Bonchev–Trinajstić information content (AvgIpc) is 2.69. The lowest BCUT2D eigenvalue weighted by atomic mass is 10.2. The van der Waals surface area contributed by atoms with Gasteiger partial charge in [-0.05, 0) is 18.2 Å². The third-order valence-corrected chi connectivity index (χ3v) is 4.27. The molecule has 6 heteroatoms. The molecule has 1 aromatic carbocycles. The summed E-state index contributed by atoms with van der Waals surface area (Å²) in [7, 11) is 1.56. The normalized spacial score (nSPS) is 15.0. The van der Waals surface area contributed by atoms with Gasteiger partial charge in [0.25, 0.3) is 5.91 Å². The predicted octanol–water partition coefficient (Wildman–Crippen LogP) is 1.93. The molecule has 1 aliphatic heterocycles. The smallest absolute Gasteiger partial charge is 0.255 e. The van der Waals surface area contributed by atoms with Crippen LogP contribution in [0.5, 0.6) is 11.6 Å². The molecule has 0 unspecified atom stereocenters. The number of hydrogen-bond donors (Lipinski definition) is 0. The summed E-state index contributed by atoms with van der Waals surface area (Å²) in [5.74, 6) is 1.43. The van der Waals surface area contributed by atoms with Crippen LogP contribution in [0.3, 0.4) is 0 Å². The van der Waals surface area contributed by atoms with Crippen LogP contribution in [0.25, 0.3) is 0 Å². The van der Waals surface area contributed by atoms with Gasteiger partial charge in [-0.1, -0.05) is 18.2 Å². The lowest BCUT2D eigenvalue weighted by Gasteiger charge is -2.34. The molecule has 1 saturated heterocycles. The Morgan fingerprint density at radius 2 is 1.84 bits per heavy atom. The number of pyridine rings is 1. The van der Waals surface area contributed by atoms with Crippen LogP contribution < -0.4 is 9.47 Å². The molecule has 1 aliphatic rings. The van der Waals surface area contributed by atoms with E-state index in [1.54, 1.807) is 25.4 Å². The molecule has 1 aromatic heterocycles. The molecule has 2 aromatic rings. The maximum atomic E-state index is 12.5. The van der Waals surface area contributed by atoms with Crippen LogP contribution in [-0.4, -0.2) is 67.1 Å². The SMILES string of the molecule is COc1ccc(C(=O)N2CCN(CCOc3ccccc3)CC2)cn1. The molecular weight excluding hydrogens is 318 g/mol. The van der Waals surface area contributed by atoms with Crippen LogP contribution in [0.15, 0.2) is 48.7 Å². The highest BCUT2D eigenvalue weighted by molar-refractivity contribution is 5.94. The lowest BCUT2D eigenvalue weighted by Crippen LogP contribution is -2.49. The van der Waals surface area contributed by atoms with E-state index in [1.165, 1.54) is 0 Å². The second-order valence-corrected chi connectivity index (χ2v) is 5.88. The second kappa shape index (κ2) is 8.48. The molecule has 0 radical (unpaired) electrons. The lowest BCUT2D eigenvalue weighted by molar-refractivity contribution is 0.0620. The van der Waals surface area contributed by atoms with Crippen LogP contribution in [0, 0.1) is 0 Å². The fraction of sp³-hybridized carbons (Fsp3) is 0.368. The largest absolute Gasteiger partial charge is 0.492 e. The van der Waals surface area contributed by atoms with Crippen LogP contribution in [0.2, 0.25) is 0 Å². The minimum atomic E-state index is 0.0235. The first-order valence-electron chi connectivity index (χ1n) is 8.46. The second-order valence-electron chi connectivity index (χ2n) is 5.88. The van der Waals surface area contributed by atoms with Crippen molar-refractivity contribution in [3.05, 3.63) is 54.2 Å². The summed E-state index contributed by atoms with van der Waals surface area (Å²) in [4.78, 5) is 20.8. The van der Waals surface area contributed by atoms with Gasteiger partial charge in [0.15, 0.2) is 0 Å². The molecule has 25 heavy (non-hydrogen) atoms. The first-order valence-corrected chi connectivity index (χ1v) is 8.46. The number of para-hydroxylation sites is 1. The van der Waals surface area contributed by atoms with Crippen molar-refractivity contribution in [1.82, 2.24) is 14.8 Å². The Balaban J connectivity index is 1.42. The zero-order chi connectivity index (χ0) is 17.5. The Hall–Kier alpha value is -2.60. The van der Waals surface area contributed by atoms with Crippen molar-refractivity contribution in [2.24, 2.45) is 0 Å². The van der Waals surface area contributed by atoms with E-state index in [-0.39, 0.29) is 5.91 Å². The van der Waals surface area contributed by atoms with E-state index in [4.69, 9.17) is 9.47 Å². The number of ether oxygens (including phenoxy) is 2. The monoisotopic (exact) mass is 341 g/mol. The summed E-state index contributed by atoms with van der Waals surface area (Å²) in [6, 6.07) is 13.3. The Kier molecular flexibility index (Phi) is 5.85. The number of piperazine rings is 1. The molecule has 0 atom stereocenters. The topological polar surface area (TPSA) is 54.9 Å². The van der Waals surface area contributed by atoms with Gasteiger partial charge >= 0.3 is 0 Å². The van der Waals surface area contributed by atoms with Crippen molar-refractivity contribution in [2.75, 3.05) is 46.4 Å². The number of nitrogens with zero attached hydrogens (tertiary/aromatic N) is 3. The van der Waals surface area contributed by atoms with E-state index in [1.807, 2.05) is 35.2 Å². The van der Waals surface area contributed by atoms with Gasteiger partial charge in [0.1, 0.15) is 12.4 Å². The first-order chi connectivity index (χ1) is 12.3. The third kappa shape index (κ3) is 4.70. The fourth-order valence-electron chi connectivity index (χ4n) is 2.79. The highest BCUT2D eigenvalue weighted by Gasteiger charge is 2.22. The summed E-state index contributed by atoms with van der Waals surface area (Å²) < 4.78 is 10.8. The van der Waals surface area contributed by atoms with Gasteiger partial charge in [-0.25, -0.2) is 4.98 Å². The summed E-state index contributed by atoms with van der Waals surface area (Å²) in [6.45, 7) is 4.66. The molecule has 0 N–H and O–H groups in total. The summed E-state index contributed by atoms with van der Waals surface area (Å²) >= 11 is 0. The summed E-state index contributed by atoms with van der Waals surface area (Å²) in [5, 5.41) is 0. The third-order valence-electron chi connectivity index (χ3n) is 4.27. The van der Waals surface area contributed by atoms with Crippen LogP contribution >= 0.6 is 0 Å². The van der Waals surface area contributed by atoms with Crippen molar-refractivity contribution in [3.63, 3.8) is 0 Å². The number of rotatable bonds is 6. The van der Waals surface area contributed by atoms with E-state index in [9.17, 15) is 4.79 Å². The zero-order valence-corrected chi connectivity index (χ0v) is 14.4. The maximum absolute atomic E-state index is 12.5. The van der Waals surface area contributed by atoms with E-state index in [0.29, 0.717) is 18.1 Å². The van der Waals surface area contributed by atoms with Gasteiger partial charge in [0.05, 0.1) is 12.7 Å². The molecule has 0 aliphatic carbocycles. The molecule has 132 valence electrons. The van der Waals surface area contributed by atoms with Crippen molar-refractivity contribution in [1.29, 1.82) is 0 Å². The molecule has 1 fully saturated rings. The molecule has 1 amide bonds. The standard InChI is InChI=1S/C19H23N3O3/c1-24-18-8-7-16(15-20-18)19(23)22-11-9-21(10-12-22)13-14-25-17-5-3-2-4-6-17/h2-8,15H,9-14H2,1H3. The quantitative estimate of drug-likeness (QED) is 0.804. The Labute approximate surface area is 148 Å². The molecule has 0 spiro atoms. The number of benzene rings is 1. The first kappa shape index (κ1) is 17.2. The molecule has 6 nitrogen and oxygen atoms in total. The highest BCUT2D eigenvalue weighted by atomic mass is 16.5. The Bertz CT molecular complexity index is 668. The van der Waals surface area contributed by atoms with Crippen molar-refractivity contribution >= 4 is 5.91 Å². The van der Waals surface area contributed by atoms with E-state index >= 15 is 0 Å². The minimum absolute atomic E-state index is 0.0235. The number of methoxy groups -OCH3 is 1. The van der Waals surface area contributed by atoms with E-state index in [0.717, 1.165) is 38.5 Å². The minimum Gasteiger partial charge on any atom is -0.492 e. The Morgan fingerprint density at radius 1 is 1.08 bits per heavy atom. The summed E-state index contributed by atoms with van der Waals surface area (Å²) in [5.41, 5.74) is 0.599. The maximum Gasteiger partial charge on any atom is 0.255 e. The predicted molar refractivity (Wildman–Crippen MR) is 95.1 cm³/mol. The molecule has 0 bridgehead atoms. The summed E-state index contributed by atoms with van der Waals surface area (Å²) in [6.07, 6.45) is 1.57. The Morgan fingerprint density at radius 3 is 2.48 bits per heavy atom.